The molecule has 0 aliphatic heterocycles. The molecule has 0 amide bonds. The van der Waals surface area contributed by atoms with Crippen LogP contribution in [0.3, 0.4) is 0 Å². The van der Waals surface area contributed by atoms with Crippen molar-refractivity contribution in [1.29, 1.82) is 0 Å². The van der Waals surface area contributed by atoms with E-state index in [1.807, 2.05) is 0 Å². The Bertz CT molecular complexity index is 778. The third-order valence-electron chi connectivity index (χ3n) is 5.71. The number of esters is 1. The lowest BCUT2D eigenvalue weighted by molar-refractivity contribution is -0.140. The van der Waals surface area contributed by atoms with Gasteiger partial charge in [-0.2, -0.15) is 0 Å². The van der Waals surface area contributed by atoms with Crippen LogP contribution in [0.25, 0.3) is 11.1 Å². The molecule has 2 aromatic rings. The van der Waals surface area contributed by atoms with Gasteiger partial charge in [-0.05, 0) is 61.4 Å². The number of rotatable bonds is 7. The van der Waals surface area contributed by atoms with Crippen molar-refractivity contribution in [2.45, 2.75) is 58.3 Å². The first kappa shape index (κ1) is 20.5. The molecule has 1 fully saturated rings. The zero-order valence-corrected chi connectivity index (χ0v) is 16.4. The summed E-state index contributed by atoms with van der Waals surface area (Å²) in [6.07, 6.45) is 8.89. The highest BCUT2D eigenvalue weighted by atomic mass is 19.1. The van der Waals surface area contributed by atoms with Gasteiger partial charge in [-0.3, -0.25) is 4.79 Å². The summed E-state index contributed by atoms with van der Waals surface area (Å²) in [6, 6.07) is 10.0. The fraction of sp³-hybridized carbons (Fsp3) is 0.458. The van der Waals surface area contributed by atoms with Gasteiger partial charge in [-0.1, -0.05) is 44.7 Å². The second kappa shape index (κ2) is 9.81. The van der Waals surface area contributed by atoms with Gasteiger partial charge in [-0.25, -0.2) is 8.78 Å². The third-order valence-corrected chi connectivity index (χ3v) is 5.71. The molecule has 0 spiro atoms. The number of ether oxygens (including phenoxy) is 1. The molecule has 0 bridgehead atoms. The maximum absolute atomic E-state index is 14.4. The maximum Gasteiger partial charge on any atom is 0.314 e. The van der Waals surface area contributed by atoms with Crippen LogP contribution in [0.4, 0.5) is 8.78 Å². The van der Waals surface area contributed by atoms with Crippen LogP contribution in [0, 0.1) is 23.5 Å². The summed E-state index contributed by atoms with van der Waals surface area (Å²) in [7, 11) is 0. The highest BCUT2D eigenvalue weighted by molar-refractivity contribution is 5.75. The summed E-state index contributed by atoms with van der Waals surface area (Å²) in [4.78, 5) is 12.5. The molecule has 0 unspecified atom stereocenters. The number of hydrogen-bond acceptors (Lipinski definition) is 2. The van der Waals surface area contributed by atoms with Gasteiger partial charge in [0.2, 0.25) is 0 Å². The summed E-state index contributed by atoms with van der Waals surface area (Å²) in [6.45, 7) is 2.21. The maximum atomic E-state index is 14.4. The SMILES string of the molecule is CCCCC[C@H]1CC[C@H](C(=O)Oc2ccc(-c3ccc(F)cc3)c(F)c2)CC1. The Hall–Kier alpha value is -2.23. The predicted molar refractivity (Wildman–Crippen MR) is 107 cm³/mol. The lowest BCUT2D eigenvalue weighted by Crippen LogP contribution is -2.25. The average Bonchev–Trinajstić information content (AvgIpc) is 2.70. The molecule has 1 aliphatic carbocycles. The zero-order valence-electron chi connectivity index (χ0n) is 16.4. The summed E-state index contributed by atoms with van der Waals surface area (Å²) < 4.78 is 32.9. The second-order valence-electron chi connectivity index (χ2n) is 7.78. The van der Waals surface area contributed by atoms with Gasteiger partial charge in [0.05, 0.1) is 5.92 Å². The first-order valence-corrected chi connectivity index (χ1v) is 10.3. The zero-order chi connectivity index (χ0) is 19.9. The van der Waals surface area contributed by atoms with Crippen LogP contribution in [0.2, 0.25) is 0 Å². The lowest BCUT2D eigenvalue weighted by atomic mass is 9.80. The van der Waals surface area contributed by atoms with Gasteiger partial charge < -0.3 is 4.74 Å². The van der Waals surface area contributed by atoms with Gasteiger partial charge >= 0.3 is 5.97 Å². The van der Waals surface area contributed by atoms with E-state index >= 15 is 0 Å². The van der Waals surface area contributed by atoms with Crippen molar-refractivity contribution in [3.05, 3.63) is 54.1 Å². The fourth-order valence-corrected chi connectivity index (χ4v) is 3.99. The van der Waals surface area contributed by atoms with E-state index in [1.54, 1.807) is 12.1 Å². The Morgan fingerprint density at radius 3 is 2.36 bits per heavy atom. The molecule has 2 aromatic carbocycles. The molecule has 3 rings (SSSR count). The van der Waals surface area contributed by atoms with E-state index in [2.05, 4.69) is 6.92 Å². The molecule has 1 saturated carbocycles. The largest absolute Gasteiger partial charge is 0.426 e. The normalized spacial score (nSPS) is 19.4. The van der Waals surface area contributed by atoms with Gasteiger partial charge in [0, 0.05) is 11.6 Å². The standard InChI is InChI=1S/C24H28F2O2/c1-2-3-4-5-17-6-8-19(9-7-17)24(27)28-21-14-15-22(23(26)16-21)18-10-12-20(25)13-11-18/h10-17,19H,2-9H2,1H3/t17-,19-. The van der Waals surface area contributed by atoms with Crippen molar-refractivity contribution < 1.29 is 18.3 Å². The molecular weight excluding hydrogens is 358 g/mol. The third kappa shape index (κ3) is 5.40. The van der Waals surface area contributed by atoms with Gasteiger partial charge in [0.15, 0.2) is 0 Å². The molecule has 0 atom stereocenters. The number of benzene rings is 2. The molecule has 0 aromatic heterocycles. The Morgan fingerprint density at radius 2 is 1.71 bits per heavy atom. The van der Waals surface area contributed by atoms with Crippen LogP contribution < -0.4 is 4.74 Å². The minimum atomic E-state index is -0.489. The molecule has 0 N–H and O–H groups in total. The average molecular weight is 386 g/mol. The molecule has 0 saturated heterocycles. The van der Waals surface area contributed by atoms with Gasteiger partial charge in [0.1, 0.15) is 17.4 Å². The van der Waals surface area contributed by atoms with Crippen LogP contribution in [0.5, 0.6) is 5.75 Å². The molecular formula is C24H28F2O2. The van der Waals surface area contributed by atoms with Crippen molar-refractivity contribution in [2.75, 3.05) is 0 Å². The lowest BCUT2D eigenvalue weighted by Gasteiger charge is -2.27. The molecule has 150 valence electrons. The smallest absolute Gasteiger partial charge is 0.314 e. The summed E-state index contributed by atoms with van der Waals surface area (Å²) in [5, 5.41) is 0. The first-order valence-electron chi connectivity index (χ1n) is 10.3. The minimum Gasteiger partial charge on any atom is -0.426 e. The van der Waals surface area contributed by atoms with Crippen molar-refractivity contribution in [2.24, 2.45) is 11.8 Å². The predicted octanol–water partition coefficient (Wildman–Crippen LogP) is 6.92. The van der Waals surface area contributed by atoms with E-state index < -0.39 is 5.82 Å². The molecule has 4 heteroatoms. The van der Waals surface area contributed by atoms with Crippen molar-refractivity contribution in [3.8, 4) is 16.9 Å². The number of halogens is 2. The van der Waals surface area contributed by atoms with Crippen molar-refractivity contribution in [3.63, 3.8) is 0 Å². The van der Waals surface area contributed by atoms with Crippen LogP contribution >= 0.6 is 0 Å². The quantitative estimate of drug-likeness (QED) is 0.293. The molecule has 1 aliphatic rings. The van der Waals surface area contributed by atoms with Crippen LogP contribution in [-0.4, -0.2) is 5.97 Å². The summed E-state index contributed by atoms with van der Waals surface area (Å²) >= 11 is 0. The van der Waals surface area contributed by atoms with E-state index in [4.69, 9.17) is 4.74 Å². The Labute approximate surface area is 165 Å². The number of carbonyl (C=O) groups is 1. The highest BCUT2D eigenvalue weighted by Crippen LogP contribution is 2.33. The fourth-order valence-electron chi connectivity index (χ4n) is 3.99. The van der Waals surface area contributed by atoms with Crippen molar-refractivity contribution >= 4 is 5.97 Å². The summed E-state index contributed by atoms with van der Waals surface area (Å²) in [5.41, 5.74) is 0.936. The van der Waals surface area contributed by atoms with E-state index in [9.17, 15) is 13.6 Å². The minimum absolute atomic E-state index is 0.0951. The number of unbranched alkanes of at least 4 members (excludes halogenated alkanes) is 2. The van der Waals surface area contributed by atoms with E-state index in [-0.39, 0.29) is 23.5 Å². The Kier molecular flexibility index (Phi) is 7.18. The van der Waals surface area contributed by atoms with E-state index in [1.165, 1.54) is 56.0 Å². The Balaban J connectivity index is 1.55. The molecule has 28 heavy (non-hydrogen) atoms. The number of hydrogen-bond donors (Lipinski definition) is 0. The molecule has 0 radical (unpaired) electrons. The van der Waals surface area contributed by atoms with Crippen LogP contribution in [0.1, 0.15) is 58.3 Å². The summed E-state index contributed by atoms with van der Waals surface area (Å²) in [5.74, 6) is -0.268. The van der Waals surface area contributed by atoms with Gasteiger partial charge in [-0.15, -0.1) is 0 Å². The van der Waals surface area contributed by atoms with Crippen LogP contribution in [-0.2, 0) is 4.79 Å². The number of carbonyl (C=O) groups excluding carboxylic acids is 1. The first-order chi connectivity index (χ1) is 13.6. The monoisotopic (exact) mass is 386 g/mol. The molecule has 0 heterocycles. The van der Waals surface area contributed by atoms with E-state index in [0.29, 0.717) is 11.1 Å². The topological polar surface area (TPSA) is 26.3 Å². The van der Waals surface area contributed by atoms with Gasteiger partial charge in [0.25, 0.3) is 0 Å². The Morgan fingerprint density at radius 1 is 1.00 bits per heavy atom. The molecule has 2 nitrogen and oxygen atoms in total. The van der Waals surface area contributed by atoms with Crippen LogP contribution in [0.15, 0.2) is 42.5 Å². The highest BCUT2D eigenvalue weighted by Gasteiger charge is 2.27. The van der Waals surface area contributed by atoms with E-state index in [0.717, 1.165) is 31.6 Å². The van der Waals surface area contributed by atoms with Crippen molar-refractivity contribution in [1.82, 2.24) is 0 Å². The second-order valence-corrected chi connectivity index (χ2v) is 7.78.